The summed E-state index contributed by atoms with van der Waals surface area (Å²) in [6.45, 7) is 1.12. The van der Waals surface area contributed by atoms with Crippen LogP contribution < -0.4 is 25.3 Å². The summed E-state index contributed by atoms with van der Waals surface area (Å²) in [6.07, 6.45) is 5.90. The first kappa shape index (κ1) is 16.2. The summed E-state index contributed by atoms with van der Waals surface area (Å²) < 4.78 is 16.0. The highest BCUT2D eigenvalue weighted by Crippen LogP contribution is 2.37. The maximum atomic E-state index is 5.83. The maximum Gasteiger partial charge on any atom is 0.164 e. The van der Waals surface area contributed by atoms with Crippen molar-refractivity contribution in [2.24, 2.45) is 5.73 Å². The number of methoxy groups -OCH3 is 3. The Balaban J connectivity index is 3.09. The molecule has 1 unspecified atom stereocenters. The average molecular weight is 278 g/mol. The van der Waals surface area contributed by atoms with Gasteiger partial charge in [0.2, 0.25) is 0 Å². The minimum atomic E-state index is -0.0573. The lowest BCUT2D eigenvalue weighted by atomic mass is 10.0. The van der Waals surface area contributed by atoms with E-state index in [1.807, 2.05) is 6.07 Å². The Bertz CT molecular complexity index is 469. The van der Waals surface area contributed by atoms with Gasteiger partial charge in [0.15, 0.2) is 11.5 Å². The van der Waals surface area contributed by atoms with Gasteiger partial charge in [-0.2, -0.15) is 0 Å². The van der Waals surface area contributed by atoms with E-state index < -0.39 is 0 Å². The molecule has 0 amide bonds. The number of hydrogen-bond donors (Lipinski definition) is 2. The highest BCUT2D eigenvalue weighted by Gasteiger charge is 2.18. The Morgan fingerprint density at radius 3 is 2.25 bits per heavy atom. The lowest BCUT2D eigenvalue weighted by molar-refractivity contribution is 0.345. The third-order valence-corrected chi connectivity index (χ3v) is 3.01. The summed E-state index contributed by atoms with van der Waals surface area (Å²) in [5.41, 5.74) is 6.75. The largest absolute Gasteiger partial charge is 0.496 e. The van der Waals surface area contributed by atoms with Gasteiger partial charge >= 0.3 is 0 Å². The van der Waals surface area contributed by atoms with Crippen LogP contribution in [0.4, 0.5) is 0 Å². The number of nitrogens with two attached hydrogens (primary N) is 1. The van der Waals surface area contributed by atoms with Crippen LogP contribution >= 0.6 is 0 Å². The second-order valence-corrected chi connectivity index (χ2v) is 4.15. The fourth-order valence-corrected chi connectivity index (χ4v) is 1.96. The molecule has 1 rings (SSSR count). The van der Waals surface area contributed by atoms with Crippen LogP contribution in [0, 0.1) is 12.3 Å². The van der Waals surface area contributed by atoms with Crippen LogP contribution in [0.2, 0.25) is 0 Å². The molecule has 0 aliphatic rings. The van der Waals surface area contributed by atoms with E-state index in [9.17, 15) is 0 Å². The standard InChI is InChI=1S/C15H22N2O3/c1-5-6-7-17-12(10-16)11-8-14(19-3)15(20-4)9-13(11)18-2/h1,8-9,12,17H,6-7,10,16H2,2-4H3. The molecular formula is C15H22N2O3. The molecule has 0 spiro atoms. The normalized spacial score (nSPS) is 11.6. The van der Waals surface area contributed by atoms with Crippen molar-refractivity contribution in [1.82, 2.24) is 5.32 Å². The summed E-state index contributed by atoms with van der Waals surface area (Å²) >= 11 is 0. The van der Waals surface area contributed by atoms with Crippen molar-refractivity contribution in [3.05, 3.63) is 17.7 Å². The Hall–Kier alpha value is -1.90. The van der Waals surface area contributed by atoms with Gasteiger partial charge in [-0.25, -0.2) is 0 Å². The zero-order valence-corrected chi connectivity index (χ0v) is 12.2. The van der Waals surface area contributed by atoms with Gasteiger partial charge in [0.05, 0.1) is 21.3 Å². The summed E-state index contributed by atoms with van der Waals surface area (Å²) in [7, 11) is 4.79. The Labute approximate surface area is 120 Å². The molecular weight excluding hydrogens is 256 g/mol. The number of hydrogen-bond acceptors (Lipinski definition) is 5. The smallest absolute Gasteiger partial charge is 0.164 e. The Kier molecular flexibility index (Phi) is 6.71. The molecule has 5 heteroatoms. The highest BCUT2D eigenvalue weighted by atomic mass is 16.5. The van der Waals surface area contributed by atoms with Gasteiger partial charge in [0.25, 0.3) is 0 Å². The summed E-state index contributed by atoms with van der Waals surface area (Å²) in [4.78, 5) is 0. The van der Waals surface area contributed by atoms with E-state index >= 15 is 0 Å². The molecule has 0 bridgehead atoms. The minimum Gasteiger partial charge on any atom is -0.496 e. The summed E-state index contributed by atoms with van der Waals surface area (Å²) in [5, 5.41) is 3.31. The molecule has 0 saturated carbocycles. The number of terminal acetylenes is 1. The summed E-state index contributed by atoms with van der Waals surface area (Å²) in [6, 6.07) is 3.61. The lowest BCUT2D eigenvalue weighted by Crippen LogP contribution is -2.29. The van der Waals surface area contributed by atoms with Crippen molar-refractivity contribution >= 4 is 0 Å². The number of benzene rings is 1. The van der Waals surface area contributed by atoms with Gasteiger partial charge in [-0.1, -0.05) is 0 Å². The van der Waals surface area contributed by atoms with Crippen molar-refractivity contribution in [2.45, 2.75) is 12.5 Å². The van der Waals surface area contributed by atoms with Crippen molar-refractivity contribution in [3.63, 3.8) is 0 Å². The van der Waals surface area contributed by atoms with Crippen molar-refractivity contribution < 1.29 is 14.2 Å². The fourth-order valence-electron chi connectivity index (χ4n) is 1.96. The van der Waals surface area contributed by atoms with Crippen LogP contribution in [0.15, 0.2) is 12.1 Å². The molecule has 0 fully saturated rings. The van der Waals surface area contributed by atoms with Gasteiger partial charge in [-0.15, -0.1) is 12.3 Å². The predicted octanol–water partition coefficient (Wildman–Crippen LogP) is 1.33. The average Bonchev–Trinajstić information content (AvgIpc) is 2.50. The summed E-state index contributed by atoms with van der Waals surface area (Å²) in [5.74, 6) is 4.55. The number of ether oxygens (including phenoxy) is 3. The number of rotatable bonds is 8. The van der Waals surface area contributed by atoms with Crippen LogP contribution in [0.3, 0.4) is 0 Å². The maximum absolute atomic E-state index is 5.83. The lowest BCUT2D eigenvalue weighted by Gasteiger charge is -2.21. The first-order valence-corrected chi connectivity index (χ1v) is 6.38. The molecule has 20 heavy (non-hydrogen) atoms. The fraction of sp³-hybridized carbons (Fsp3) is 0.467. The van der Waals surface area contributed by atoms with Gasteiger partial charge in [0, 0.05) is 37.2 Å². The molecule has 1 aromatic carbocycles. The second-order valence-electron chi connectivity index (χ2n) is 4.15. The van der Waals surface area contributed by atoms with Crippen LogP contribution in [0.5, 0.6) is 17.2 Å². The molecule has 0 aliphatic carbocycles. The minimum absolute atomic E-state index is 0.0573. The third kappa shape index (κ3) is 3.80. The third-order valence-electron chi connectivity index (χ3n) is 3.01. The van der Waals surface area contributed by atoms with E-state index in [-0.39, 0.29) is 6.04 Å². The van der Waals surface area contributed by atoms with Crippen molar-refractivity contribution in [3.8, 4) is 29.6 Å². The van der Waals surface area contributed by atoms with Gasteiger partial charge in [-0.05, 0) is 6.07 Å². The van der Waals surface area contributed by atoms with E-state index in [2.05, 4.69) is 11.2 Å². The van der Waals surface area contributed by atoms with E-state index in [0.717, 1.165) is 5.56 Å². The zero-order chi connectivity index (χ0) is 15.0. The topological polar surface area (TPSA) is 65.7 Å². The molecule has 0 aliphatic heterocycles. The zero-order valence-electron chi connectivity index (χ0n) is 12.2. The second kappa shape index (κ2) is 8.31. The van der Waals surface area contributed by atoms with Crippen LogP contribution in [-0.4, -0.2) is 34.4 Å². The number of nitrogens with one attached hydrogen (secondary N) is 1. The first-order valence-electron chi connectivity index (χ1n) is 6.38. The molecule has 1 aromatic rings. The molecule has 0 heterocycles. The van der Waals surface area contributed by atoms with E-state index in [1.165, 1.54) is 0 Å². The Morgan fingerprint density at radius 1 is 1.15 bits per heavy atom. The van der Waals surface area contributed by atoms with Gasteiger partial charge in [0.1, 0.15) is 5.75 Å². The van der Waals surface area contributed by atoms with Crippen molar-refractivity contribution in [1.29, 1.82) is 0 Å². The van der Waals surface area contributed by atoms with Gasteiger partial charge in [-0.3, -0.25) is 0 Å². The molecule has 0 aromatic heterocycles. The molecule has 5 nitrogen and oxygen atoms in total. The molecule has 1 atom stereocenters. The van der Waals surface area contributed by atoms with Crippen LogP contribution in [0.1, 0.15) is 18.0 Å². The van der Waals surface area contributed by atoms with E-state index in [4.69, 9.17) is 26.4 Å². The SMILES string of the molecule is C#CCCNC(CN)c1cc(OC)c(OC)cc1OC. The quantitative estimate of drug-likeness (QED) is 0.554. The van der Waals surface area contributed by atoms with Gasteiger partial charge < -0.3 is 25.3 Å². The Morgan fingerprint density at radius 2 is 1.75 bits per heavy atom. The first-order chi connectivity index (χ1) is 9.71. The molecule has 0 saturated heterocycles. The van der Waals surface area contributed by atoms with Crippen LogP contribution in [0.25, 0.3) is 0 Å². The molecule has 110 valence electrons. The van der Waals surface area contributed by atoms with Crippen molar-refractivity contribution in [2.75, 3.05) is 34.4 Å². The van der Waals surface area contributed by atoms with Crippen LogP contribution in [-0.2, 0) is 0 Å². The highest BCUT2D eigenvalue weighted by molar-refractivity contribution is 5.52. The molecule has 0 radical (unpaired) electrons. The van der Waals surface area contributed by atoms with E-state index in [1.54, 1.807) is 27.4 Å². The van der Waals surface area contributed by atoms with E-state index in [0.29, 0.717) is 36.8 Å². The molecule has 3 N–H and O–H groups in total. The monoisotopic (exact) mass is 278 g/mol. The predicted molar refractivity (Wildman–Crippen MR) is 79.3 cm³/mol.